The molecule has 1 aromatic heterocycles. The molecule has 0 unspecified atom stereocenters. The number of nitrogens with one attached hydrogen (secondary N) is 2. The SMILES string of the molecule is CCN(CC)CCOc1ccccc1NC(=O)c1[nH]c(C)c(C(C)=O)c1C. The van der Waals surface area contributed by atoms with Crippen molar-refractivity contribution in [2.45, 2.75) is 34.6 Å². The first-order chi connectivity index (χ1) is 12.9. The standard InChI is InChI=1S/C21H29N3O3/c1-6-24(7-2)12-13-27-18-11-9-8-10-17(18)23-21(26)20-14(3)19(16(5)25)15(4)22-20/h8-11,22H,6-7,12-13H2,1-5H3,(H,23,26). The van der Waals surface area contributed by atoms with Crippen molar-refractivity contribution in [2.75, 3.05) is 31.6 Å². The Morgan fingerprint density at radius 3 is 2.41 bits per heavy atom. The minimum Gasteiger partial charge on any atom is -0.490 e. The Kier molecular flexibility index (Phi) is 7.19. The maximum Gasteiger partial charge on any atom is 0.272 e. The zero-order valence-corrected chi connectivity index (χ0v) is 16.8. The average Bonchev–Trinajstić information content (AvgIpc) is 2.94. The van der Waals surface area contributed by atoms with Gasteiger partial charge in [-0.05, 0) is 51.6 Å². The van der Waals surface area contributed by atoms with E-state index >= 15 is 0 Å². The Labute approximate surface area is 160 Å². The van der Waals surface area contributed by atoms with Crippen molar-refractivity contribution in [1.82, 2.24) is 9.88 Å². The number of amides is 1. The first kappa shape index (κ1) is 20.7. The summed E-state index contributed by atoms with van der Waals surface area (Å²) in [6, 6.07) is 7.37. The molecule has 6 nitrogen and oxygen atoms in total. The second-order valence-electron chi connectivity index (χ2n) is 6.51. The summed E-state index contributed by atoms with van der Waals surface area (Å²) in [6.07, 6.45) is 0. The smallest absolute Gasteiger partial charge is 0.272 e. The summed E-state index contributed by atoms with van der Waals surface area (Å²) in [6.45, 7) is 12.6. The van der Waals surface area contributed by atoms with Gasteiger partial charge in [0.2, 0.25) is 0 Å². The van der Waals surface area contributed by atoms with Gasteiger partial charge in [-0.3, -0.25) is 9.59 Å². The summed E-state index contributed by atoms with van der Waals surface area (Å²) in [5, 5.41) is 2.89. The zero-order valence-electron chi connectivity index (χ0n) is 16.8. The molecule has 0 saturated carbocycles. The van der Waals surface area contributed by atoms with E-state index in [0.717, 1.165) is 19.6 Å². The van der Waals surface area contributed by atoms with Crippen molar-refractivity contribution in [3.63, 3.8) is 0 Å². The van der Waals surface area contributed by atoms with Gasteiger partial charge in [-0.1, -0.05) is 26.0 Å². The van der Waals surface area contributed by atoms with E-state index in [1.54, 1.807) is 13.8 Å². The molecular formula is C21H29N3O3. The van der Waals surface area contributed by atoms with Crippen molar-refractivity contribution in [3.05, 3.63) is 46.8 Å². The molecule has 0 aliphatic heterocycles. The number of anilines is 1. The third-order valence-electron chi connectivity index (χ3n) is 4.71. The van der Waals surface area contributed by atoms with Crippen LogP contribution in [0, 0.1) is 13.8 Å². The molecule has 0 fully saturated rings. The third-order valence-corrected chi connectivity index (χ3v) is 4.71. The largest absolute Gasteiger partial charge is 0.490 e. The van der Waals surface area contributed by atoms with Gasteiger partial charge in [0.05, 0.1) is 5.69 Å². The van der Waals surface area contributed by atoms with Crippen LogP contribution >= 0.6 is 0 Å². The van der Waals surface area contributed by atoms with E-state index in [0.29, 0.717) is 40.6 Å². The highest BCUT2D eigenvalue weighted by atomic mass is 16.5. The third kappa shape index (κ3) is 4.98. The lowest BCUT2D eigenvalue weighted by Gasteiger charge is -2.19. The van der Waals surface area contributed by atoms with Crippen molar-refractivity contribution in [1.29, 1.82) is 0 Å². The molecule has 2 N–H and O–H groups in total. The Balaban J connectivity index is 2.13. The van der Waals surface area contributed by atoms with Crippen LogP contribution in [0.2, 0.25) is 0 Å². The van der Waals surface area contributed by atoms with Gasteiger partial charge in [-0.25, -0.2) is 0 Å². The monoisotopic (exact) mass is 371 g/mol. The molecule has 1 aromatic carbocycles. The summed E-state index contributed by atoms with van der Waals surface area (Å²) < 4.78 is 5.88. The second-order valence-corrected chi connectivity index (χ2v) is 6.51. The number of Topliss-reactive ketones (excluding diaryl/α,β-unsaturated/α-hetero) is 1. The summed E-state index contributed by atoms with van der Waals surface area (Å²) in [7, 11) is 0. The van der Waals surface area contributed by atoms with Gasteiger partial charge >= 0.3 is 0 Å². The van der Waals surface area contributed by atoms with Gasteiger partial charge < -0.3 is 19.9 Å². The van der Waals surface area contributed by atoms with Crippen LogP contribution in [0.3, 0.4) is 0 Å². The van der Waals surface area contributed by atoms with Gasteiger partial charge in [0, 0.05) is 17.8 Å². The van der Waals surface area contributed by atoms with Crippen LogP contribution in [-0.4, -0.2) is 47.8 Å². The molecule has 2 rings (SSSR count). The molecule has 0 radical (unpaired) electrons. The van der Waals surface area contributed by atoms with Gasteiger partial charge in [-0.2, -0.15) is 0 Å². The van der Waals surface area contributed by atoms with Crippen LogP contribution in [0.4, 0.5) is 5.69 Å². The van der Waals surface area contributed by atoms with E-state index in [2.05, 4.69) is 29.0 Å². The van der Waals surface area contributed by atoms with Crippen LogP contribution < -0.4 is 10.1 Å². The average molecular weight is 371 g/mol. The number of aryl methyl sites for hydroxylation is 1. The number of aromatic nitrogens is 1. The van der Waals surface area contributed by atoms with Crippen LogP contribution in [0.15, 0.2) is 24.3 Å². The first-order valence-electron chi connectivity index (χ1n) is 9.34. The van der Waals surface area contributed by atoms with Gasteiger partial charge in [0.1, 0.15) is 18.1 Å². The molecule has 1 heterocycles. The van der Waals surface area contributed by atoms with Crippen molar-refractivity contribution in [3.8, 4) is 5.75 Å². The number of nitrogens with zero attached hydrogens (tertiary/aromatic N) is 1. The highest BCUT2D eigenvalue weighted by Crippen LogP contribution is 2.26. The van der Waals surface area contributed by atoms with Crippen LogP contribution in [0.1, 0.15) is 52.9 Å². The Hall–Kier alpha value is -2.60. The highest BCUT2D eigenvalue weighted by molar-refractivity contribution is 6.08. The number of H-pyrrole nitrogens is 1. The highest BCUT2D eigenvalue weighted by Gasteiger charge is 2.20. The van der Waals surface area contributed by atoms with Gasteiger partial charge in [0.15, 0.2) is 5.78 Å². The predicted molar refractivity (Wildman–Crippen MR) is 108 cm³/mol. The maximum atomic E-state index is 12.7. The minimum atomic E-state index is -0.289. The number of aromatic amines is 1. The van der Waals surface area contributed by atoms with Crippen LogP contribution in [0.25, 0.3) is 0 Å². The molecule has 27 heavy (non-hydrogen) atoms. The predicted octanol–water partition coefficient (Wildman–Crippen LogP) is 3.81. The second kappa shape index (κ2) is 9.37. The fourth-order valence-electron chi connectivity index (χ4n) is 3.21. The number of hydrogen-bond donors (Lipinski definition) is 2. The van der Waals surface area contributed by atoms with Crippen LogP contribution in [0.5, 0.6) is 5.75 Å². The number of hydrogen-bond acceptors (Lipinski definition) is 4. The number of para-hydroxylation sites is 2. The number of carbonyl (C=O) groups excluding carboxylic acids is 2. The minimum absolute atomic E-state index is 0.0552. The number of rotatable bonds is 9. The lowest BCUT2D eigenvalue weighted by molar-refractivity contribution is 0.101. The summed E-state index contributed by atoms with van der Waals surface area (Å²) in [4.78, 5) is 29.8. The molecule has 6 heteroatoms. The molecule has 0 aliphatic rings. The Morgan fingerprint density at radius 1 is 1.15 bits per heavy atom. The molecule has 0 spiro atoms. The molecule has 0 saturated heterocycles. The Bertz CT molecular complexity index is 807. The quantitative estimate of drug-likeness (QED) is 0.658. The molecule has 146 valence electrons. The van der Waals surface area contributed by atoms with E-state index in [1.807, 2.05) is 24.3 Å². The van der Waals surface area contributed by atoms with Crippen molar-refractivity contribution < 1.29 is 14.3 Å². The van der Waals surface area contributed by atoms with E-state index in [-0.39, 0.29) is 11.7 Å². The van der Waals surface area contributed by atoms with Crippen LogP contribution in [-0.2, 0) is 0 Å². The fourth-order valence-corrected chi connectivity index (χ4v) is 3.21. The first-order valence-corrected chi connectivity index (χ1v) is 9.34. The van der Waals surface area contributed by atoms with Crippen molar-refractivity contribution >= 4 is 17.4 Å². The zero-order chi connectivity index (χ0) is 20.0. The molecule has 0 aliphatic carbocycles. The number of ether oxygens (including phenoxy) is 1. The van der Waals surface area contributed by atoms with Gasteiger partial charge in [-0.15, -0.1) is 0 Å². The molecular weight excluding hydrogens is 342 g/mol. The van der Waals surface area contributed by atoms with E-state index in [9.17, 15) is 9.59 Å². The fraction of sp³-hybridized carbons (Fsp3) is 0.429. The lowest BCUT2D eigenvalue weighted by atomic mass is 10.1. The lowest BCUT2D eigenvalue weighted by Crippen LogP contribution is -2.28. The van der Waals surface area contributed by atoms with Gasteiger partial charge in [0.25, 0.3) is 5.91 Å². The topological polar surface area (TPSA) is 74.4 Å². The maximum absolute atomic E-state index is 12.7. The number of ketones is 1. The van der Waals surface area contributed by atoms with E-state index < -0.39 is 0 Å². The number of likely N-dealkylation sites (N-methyl/N-ethyl adjacent to an activating group) is 1. The summed E-state index contributed by atoms with van der Waals surface area (Å²) >= 11 is 0. The molecule has 0 bridgehead atoms. The molecule has 0 atom stereocenters. The Morgan fingerprint density at radius 2 is 1.81 bits per heavy atom. The molecule has 2 aromatic rings. The van der Waals surface area contributed by atoms with E-state index in [4.69, 9.17) is 4.74 Å². The summed E-state index contributed by atoms with van der Waals surface area (Å²) in [5.74, 6) is 0.286. The van der Waals surface area contributed by atoms with E-state index in [1.165, 1.54) is 6.92 Å². The normalized spacial score (nSPS) is 10.9. The number of carbonyl (C=O) groups is 2. The summed E-state index contributed by atoms with van der Waals surface area (Å²) in [5.41, 5.74) is 2.95. The van der Waals surface area contributed by atoms with Crippen molar-refractivity contribution in [2.24, 2.45) is 0 Å². The number of benzene rings is 1. The molecule has 1 amide bonds.